The van der Waals surface area contributed by atoms with Gasteiger partial charge in [0.25, 0.3) is 0 Å². The van der Waals surface area contributed by atoms with Gasteiger partial charge in [0, 0.05) is 18.3 Å². The van der Waals surface area contributed by atoms with Gasteiger partial charge >= 0.3 is 0 Å². The zero-order valence-corrected chi connectivity index (χ0v) is 21.2. The summed E-state index contributed by atoms with van der Waals surface area (Å²) in [5.41, 5.74) is 8.03. The van der Waals surface area contributed by atoms with Crippen molar-refractivity contribution in [3.63, 3.8) is 0 Å². The van der Waals surface area contributed by atoms with Crippen LogP contribution in [-0.4, -0.2) is 41.5 Å². The molecule has 11 nitrogen and oxygen atoms in total. The van der Waals surface area contributed by atoms with Crippen LogP contribution in [0.15, 0.2) is 55.3 Å². The number of anilines is 6. The first kappa shape index (κ1) is 26.2. The smallest absolute Gasteiger partial charge is 0.247 e. The maximum Gasteiger partial charge on any atom is 0.247 e. The van der Waals surface area contributed by atoms with E-state index in [1.54, 1.807) is 30.3 Å². The van der Waals surface area contributed by atoms with Crippen molar-refractivity contribution >= 4 is 57.9 Å². The highest BCUT2D eigenvalue weighted by Crippen LogP contribution is 2.33. The number of nitriles is 1. The van der Waals surface area contributed by atoms with Crippen molar-refractivity contribution < 1.29 is 14.3 Å². The highest BCUT2D eigenvalue weighted by Gasteiger charge is 2.29. The van der Waals surface area contributed by atoms with E-state index in [0.29, 0.717) is 41.3 Å². The predicted molar refractivity (Wildman–Crippen MR) is 146 cm³/mol. The minimum absolute atomic E-state index is 0.183. The number of hydrogen-bond acceptors (Lipinski definition) is 9. The van der Waals surface area contributed by atoms with Gasteiger partial charge in [-0.25, -0.2) is 4.98 Å². The van der Waals surface area contributed by atoms with E-state index in [-0.39, 0.29) is 22.7 Å². The number of carbonyl (C=O) groups excluding carboxylic acids is 2. The number of nitrogens with zero attached hydrogens (tertiary/aromatic N) is 4. The normalized spacial score (nSPS) is 14.3. The predicted octanol–water partition coefficient (Wildman–Crippen LogP) is 4.08. The molecule has 2 heterocycles. The minimum atomic E-state index is -0.402. The SMILES string of the molecule is C=CC(=O)Nc1cc(OC)ccc1Nc1nc(Nc2ccc(N3CCCC3C(N)=O)cc2C#N)ncc1Cl. The van der Waals surface area contributed by atoms with Crippen molar-refractivity contribution in [1.82, 2.24) is 9.97 Å². The molecule has 1 aliphatic heterocycles. The number of primary amides is 1. The molecule has 1 atom stereocenters. The summed E-state index contributed by atoms with van der Waals surface area (Å²) in [6.07, 6.45) is 4.08. The summed E-state index contributed by atoms with van der Waals surface area (Å²) in [5.74, 6) is 0.194. The maximum atomic E-state index is 11.9. The van der Waals surface area contributed by atoms with Gasteiger partial charge in [0.05, 0.1) is 35.9 Å². The molecule has 1 unspecified atom stereocenters. The average Bonchev–Trinajstić information content (AvgIpc) is 3.42. The van der Waals surface area contributed by atoms with Crippen molar-refractivity contribution in [2.45, 2.75) is 18.9 Å². The summed E-state index contributed by atoms with van der Waals surface area (Å²) in [6, 6.07) is 12.1. The number of amides is 2. The standard InChI is InChI=1S/C26H25ClN8O3/c1-3-23(36)31-21-12-17(38-2)7-9-20(21)32-25-18(27)14-30-26(34-25)33-19-8-6-16(11-15(19)13-28)35-10-4-5-22(35)24(29)37/h3,6-9,11-12,14,22H,1,4-5,10H2,2H3,(H2,29,37)(H,31,36)(H2,30,32,33,34). The molecule has 0 spiro atoms. The Balaban J connectivity index is 1.59. The van der Waals surface area contributed by atoms with E-state index in [4.69, 9.17) is 22.1 Å². The monoisotopic (exact) mass is 532 g/mol. The Morgan fingerprint density at radius 2 is 2.03 bits per heavy atom. The van der Waals surface area contributed by atoms with Crippen molar-refractivity contribution in [2.75, 3.05) is 34.5 Å². The molecule has 0 radical (unpaired) electrons. The molecule has 194 valence electrons. The number of halogens is 1. The first-order valence-electron chi connectivity index (χ1n) is 11.6. The second kappa shape index (κ2) is 11.5. The van der Waals surface area contributed by atoms with E-state index in [2.05, 4.69) is 38.6 Å². The number of ether oxygens (including phenoxy) is 1. The Morgan fingerprint density at radius 3 is 2.74 bits per heavy atom. The highest BCUT2D eigenvalue weighted by atomic mass is 35.5. The van der Waals surface area contributed by atoms with Gasteiger partial charge in [-0.2, -0.15) is 10.2 Å². The third-order valence-electron chi connectivity index (χ3n) is 5.95. The quantitative estimate of drug-likeness (QED) is 0.298. The summed E-state index contributed by atoms with van der Waals surface area (Å²) in [7, 11) is 1.52. The van der Waals surface area contributed by atoms with Crippen molar-refractivity contribution in [3.8, 4) is 11.8 Å². The Hall–Kier alpha value is -4.82. The van der Waals surface area contributed by atoms with Crippen LogP contribution < -0.4 is 31.3 Å². The summed E-state index contributed by atoms with van der Waals surface area (Å²) >= 11 is 6.35. The van der Waals surface area contributed by atoms with Gasteiger partial charge in [-0.3, -0.25) is 9.59 Å². The number of aromatic nitrogens is 2. The summed E-state index contributed by atoms with van der Waals surface area (Å²) in [5, 5.41) is 18.9. The fourth-order valence-corrected chi connectivity index (χ4v) is 4.23. The minimum Gasteiger partial charge on any atom is -0.497 e. The van der Waals surface area contributed by atoms with E-state index in [1.807, 2.05) is 11.0 Å². The molecule has 1 aromatic heterocycles. The van der Waals surface area contributed by atoms with Gasteiger partial charge in [-0.05, 0) is 49.2 Å². The molecule has 1 aliphatic rings. The van der Waals surface area contributed by atoms with E-state index in [1.165, 1.54) is 13.3 Å². The fourth-order valence-electron chi connectivity index (χ4n) is 4.09. The Morgan fingerprint density at radius 1 is 1.24 bits per heavy atom. The van der Waals surface area contributed by atoms with Crippen LogP contribution in [0.25, 0.3) is 0 Å². The second-order valence-corrected chi connectivity index (χ2v) is 8.75. The Labute approximate surface area is 224 Å². The third kappa shape index (κ3) is 5.77. The van der Waals surface area contributed by atoms with Crippen molar-refractivity contribution in [3.05, 3.63) is 65.8 Å². The van der Waals surface area contributed by atoms with E-state index in [0.717, 1.165) is 18.2 Å². The molecule has 1 saturated heterocycles. The van der Waals surface area contributed by atoms with Crippen LogP contribution in [0.4, 0.5) is 34.5 Å². The molecule has 3 aromatic rings. The summed E-state index contributed by atoms with van der Waals surface area (Å²) in [6.45, 7) is 4.15. The van der Waals surface area contributed by atoms with Gasteiger partial charge in [0.2, 0.25) is 17.8 Å². The number of benzene rings is 2. The Kier molecular flexibility index (Phi) is 7.94. The van der Waals surface area contributed by atoms with Gasteiger partial charge < -0.3 is 31.3 Å². The molecule has 38 heavy (non-hydrogen) atoms. The van der Waals surface area contributed by atoms with Gasteiger partial charge in [0.1, 0.15) is 22.9 Å². The van der Waals surface area contributed by atoms with Crippen LogP contribution in [0.2, 0.25) is 5.02 Å². The van der Waals surface area contributed by atoms with Crippen LogP contribution in [0.3, 0.4) is 0 Å². The maximum absolute atomic E-state index is 11.9. The van der Waals surface area contributed by atoms with Crippen LogP contribution in [0, 0.1) is 11.3 Å². The number of nitrogens with two attached hydrogens (primary N) is 1. The number of rotatable bonds is 9. The molecule has 1 fully saturated rings. The molecule has 0 saturated carbocycles. The van der Waals surface area contributed by atoms with Crippen LogP contribution >= 0.6 is 11.6 Å². The molecular weight excluding hydrogens is 508 g/mol. The Bertz CT molecular complexity index is 1440. The molecule has 12 heteroatoms. The summed E-state index contributed by atoms with van der Waals surface area (Å²) < 4.78 is 5.25. The van der Waals surface area contributed by atoms with E-state index < -0.39 is 11.9 Å². The molecular formula is C26H25ClN8O3. The third-order valence-corrected chi connectivity index (χ3v) is 6.23. The number of hydrogen-bond donors (Lipinski definition) is 4. The van der Waals surface area contributed by atoms with Crippen LogP contribution in [0.1, 0.15) is 18.4 Å². The van der Waals surface area contributed by atoms with Crippen LogP contribution in [0.5, 0.6) is 5.75 Å². The lowest BCUT2D eigenvalue weighted by Crippen LogP contribution is -2.40. The van der Waals surface area contributed by atoms with Crippen LogP contribution in [-0.2, 0) is 9.59 Å². The lowest BCUT2D eigenvalue weighted by Gasteiger charge is -2.25. The average molecular weight is 533 g/mol. The molecule has 4 rings (SSSR count). The molecule has 0 aliphatic carbocycles. The van der Waals surface area contributed by atoms with E-state index in [9.17, 15) is 14.9 Å². The first-order valence-corrected chi connectivity index (χ1v) is 12.0. The van der Waals surface area contributed by atoms with Crippen molar-refractivity contribution in [2.24, 2.45) is 5.73 Å². The lowest BCUT2D eigenvalue weighted by molar-refractivity contribution is -0.119. The zero-order valence-electron chi connectivity index (χ0n) is 20.5. The number of nitrogens with one attached hydrogen (secondary N) is 3. The number of carbonyl (C=O) groups is 2. The van der Waals surface area contributed by atoms with Gasteiger partial charge in [0.15, 0.2) is 5.82 Å². The van der Waals surface area contributed by atoms with Gasteiger partial charge in [-0.1, -0.05) is 18.2 Å². The second-order valence-electron chi connectivity index (χ2n) is 8.34. The number of methoxy groups -OCH3 is 1. The topological polar surface area (TPSA) is 158 Å². The lowest BCUT2D eigenvalue weighted by atomic mass is 10.1. The molecule has 0 bridgehead atoms. The van der Waals surface area contributed by atoms with E-state index >= 15 is 0 Å². The molecule has 5 N–H and O–H groups in total. The fraction of sp³-hybridized carbons (Fsp3) is 0.192. The first-order chi connectivity index (χ1) is 18.3. The highest BCUT2D eigenvalue weighted by molar-refractivity contribution is 6.33. The zero-order chi connectivity index (χ0) is 27.2. The van der Waals surface area contributed by atoms with Gasteiger partial charge in [-0.15, -0.1) is 0 Å². The molecule has 2 amide bonds. The van der Waals surface area contributed by atoms with Crippen molar-refractivity contribution in [1.29, 1.82) is 5.26 Å². The largest absolute Gasteiger partial charge is 0.497 e. The summed E-state index contributed by atoms with van der Waals surface area (Å²) in [4.78, 5) is 34.3. The molecule has 2 aromatic carbocycles.